The largest absolute Gasteiger partial charge is 0.330 e. The second-order valence-corrected chi connectivity index (χ2v) is 6.05. The van der Waals surface area contributed by atoms with Crippen molar-refractivity contribution in [1.82, 2.24) is 5.32 Å². The number of amides is 2. The SMILES string of the molecule is NCCCCCCCc1ccc(C2CCC(=O)NC2=O)cc1. The highest BCUT2D eigenvalue weighted by atomic mass is 16.2. The van der Waals surface area contributed by atoms with E-state index in [1.54, 1.807) is 0 Å². The number of imide groups is 1. The van der Waals surface area contributed by atoms with Gasteiger partial charge >= 0.3 is 0 Å². The highest BCUT2D eigenvalue weighted by Gasteiger charge is 2.27. The van der Waals surface area contributed by atoms with Crippen molar-refractivity contribution < 1.29 is 9.59 Å². The van der Waals surface area contributed by atoms with Gasteiger partial charge in [0.2, 0.25) is 11.8 Å². The Morgan fingerprint density at radius 1 is 1.00 bits per heavy atom. The number of nitrogens with two attached hydrogens (primary N) is 1. The summed E-state index contributed by atoms with van der Waals surface area (Å²) < 4.78 is 0. The third kappa shape index (κ3) is 4.95. The monoisotopic (exact) mass is 302 g/mol. The Labute approximate surface area is 132 Å². The van der Waals surface area contributed by atoms with E-state index in [-0.39, 0.29) is 17.7 Å². The van der Waals surface area contributed by atoms with Crippen molar-refractivity contribution in [2.45, 2.75) is 57.3 Å². The summed E-state index contributed by atoms with van der Waals surface area (Å²) in [6, 6.07) is 8.28. The fraction of sp³-hybridized carbons (Fsp3) is 0.556. The molecule has 2 rings (SSSR count). The summed E-state index contributed by atoms with van der Waals surface area (Å²) in [5, 5.41) is 2.41. The lowest BCUT2D eigenvalue weighted by molar-refractivity contribution is -0.134. The summed E-state index contributed by atoms with van der Waals surface area (Å²) in [5.41, 5.74) is 7.81. The molecule has 0 radical (unpaired) electrons. The number of aryl methyl sites for hydroxylation is 1. The van der Waals surface area contributed by atoms with E-state index in [4.69, 9.17) is 5.73 Å². The number of piperidine rings is 1. The van der Waals surface area contributed by atoms with Gasteiger partial charge in [0.1, 0.15) is 0 Å². The quantitative estimate of drug-likeness (QED) is 0.573. The molecule has 0 saturated carbocycles. The average Bonchev–Trinajstić information content (AvgIpc) is 2.52. The Kier molecular flexibility index (Phi) is 6.59. The van der Waals surface area contributed by atoms with E-state index in [9.17, 15) is 9.59 Å². The fourth-order valence-electron chi connectivity index (χ4n) is 2.93. The van der Waals surface area contributed by atoms with E-state index in [2.05, 4.69) is 17.4 Å². The van der Waals surface area contributed by atoms with Crippen LogP contribution in [0, 0.1) is 0 Å². The summed E-state index contributed by atoms with van der Waals surface area (Å²) in [6.45, 7) is 0.793. The van der Waals surface area contributed by atoms with Gasteiger partial charge in [-0.15, -0.1) is 0 Å². The molecule has 22 heavy (non-hydrogen) atoms. The van der Waals surface area contributed by atoms with Gasteiger partial charge < -0.3 is 5.73 Å². The molecule has 1 saturated heterocycles. The minimum atomic E-state index is -0.178. The Balaban J connectivity index is 1.78. The predicted molar refractivity (Wildman–Crippen MR) is 87.4 cm³/mol. The third-order valence-electron chi connectivity index (χ3n) is 4.29. The zero-order valence-electron chi connectivity index (χ0n) is 13.1. The maximum atomic E-state index is 11.8. The van der Waals surface area contributed by atoms with Crippen LogP contribution in [0.1, 0.15) is 62.0 Å². The van der Waals surface area contributed by atoms with Crippen LogP contribution in [-0.2, 0) is 16.0 Å². The third-order valence-corrected chi connectivity index (χ3v) is 4.29. The van der Waals surface area contributed by atoms with Crippen LogP contribution in [0.15, 0.2) is 24.3 Å². The first-order valence-electron chi connectivity index (χ1n) is 8.33. The molecule has 1 unspecified atom stereocenters. The molecule has 1 atom stereocenters. The van der Waals surface area contributed by atoms with Crippen molar-refractivity contribution in [3.63, 3.8) is 0 Å². The maximum absolute atomic E-state index is 11.8. The number of carbonyl (C=O) groups excluding carboxylic acids is 2. The van der Waals surface area contributed by atoms with Crippen LogP contribution in [0.25, 0.3) is 0 Å². The van der Waals surface area contributed by atoms with E-state index in [1.165, 1.54) is 31.2 Å². The first-order chi connectivity index (χ1) is 10.7. The molecule has 0 aliphatic carbocycles. The van der Waals surface area contributed by atoms with Crippen LogP contribution >= 0.6 is 0 Å². The van der Waals surface area contributed by atoms with Gasteiger partial charge in [0.15, 0.2) is 0 Å². The van der Waals surface area contributed by atoms with Gasteiger partial charge in [0, 0.05) is 6.42 Å². The van der Waals surface area contributed by atoms with E-state index < -0.39 is 0 Å². The molecular formula is C18H26N2O2. The molecule has 1 heterocycles. The Bertz CT molecular complexity index is 496. The van der Waals surface area contributed by atoms with Crippen LogP contribution in [0.2, 0.25) is 0 Å². The summed E-state index contributed by atoms with van der Waals surface area (Å²) in [6.07, 6.45) is 8.18. The lowest BCUT2D eigenvalue weighted by Crippen LogP contribution is -2.39. The molecule has 0 aromatic heterocycles. The molecule has 120 valence electrons. The van der Waals surface area contributed by atoms with Crippen molar-refractivity contribution in [2.24, 2.45) is 5.73 Å². The molecule has 1 fully saturated rings. The molecule has 4 heteroatoms. The highest BCUT2D eigenvalue weighted by molar-refractivity contribution is 6.00. The summed E-state index contributed by atoms with van der Waals surface area (Å²) >= 11 is 0. The zero-order valence-corrected chi connectivity index (χ0v) is 13.1. The number of hydrogen-bond donors (Lipinski definition) is 2. The van der Waals surface area contributed by atoms with Crippen molar-refractivity contribution in [1.29, 1.82) is 0 Å². The molecule has 1 aromatic carbocycles. The van der Waals surface area contributed by atoms with Crippen LogP contribution in [0.5, 0.6) is 0 Å². The van der Waals surface area contributed by atoms with Crippen LogP contribution in [-0.4, -0.2) is 18.4 Å². The van der Waals surface area contributed by atoms with Gasteiger partial charge in [-0.05, 0) is 43.4 Å². The Morgan fingerprint density at radius 3 is 2.36 bits per heavy atom. The van der Waals surface area contributed by atoms with Crippen molar-refractivity contribution >= 4 is 11.8 Å². The molecular weight excluding hydrogens is 276 g/mol. The smallest absolute Gasteiger partial charge is 0.234 e. The number of carbonyl (C=O) groups is 2. The number of hydrogen-bond acceptors (Lipinski definition) is 3. The average molecular weight is 302 g/mol. The number of nitrogens with one attached hydrogen (secondary N) is 1. The molecule has 1 aromatic rings. The molecule has 0 spiro atoms. The van der Waals surface area contributed by atoms with E-state index in [1.807, 2.05) is 12.1 Å². The fourth-order valence-corrected chi connectivity index (χ4v) is 2.93. The summed E-state index contributed by atoms with van der Waals surface area (Å²) in [4.78, 5) is 23.0. The van der Waals surface area contributed by atoms with E-state index in [0.29, 0.717) is 12.8 Å². The van der Waals surface area contributed by atoms with Crippen LogP contribution in [0.3, 0.4) is 0 Å². The second-order valence-electron chi connectivity index (χ2n) is 6.05. The minimum absolute atomic E-state index is 0.160. The molecule has 3 N–H and O–H groups in total. The van der Waals surface area contributed by atoms with E-state index >= 15 is 0 Å². The van der Waals surface area contributed by atoms with Gasteiger partial charge in [-0.3, -0.25) is 14.9 Å². The van der Waals surface area contributed by atoms with Gasteiger partial charge in [-0.1, -0.05) is 43.5 Å². The molecule has 1 aliphatic heterocycles. The zero-order chi connectivity index (χ0) is 15.8. The second kappa shape index (κ2) is 8.69. The number of unbranched alkanes of at least 4 members (excludes halogenated alkanes) is 4. The van der Waals surface area contributed by atoms with Gasteiger partial charge in [0.05, 0.1) is 5.92 Å². The van der Waals surface area contributed by atoms with Crippen LogP contribution < -0.4 is 11.1 Å². The van der Waals surface area contributed by atoms with Crippen LogP contribution in [0.4, 0.5) is 0 Å². The topological polar surface area (TPSA) is 72.2 Å². The molecule has 0 bridgehead atoms. The summed E-state index contributed by atoms with van der Waals surface area (Å²) in [7, 11) is 0. The van der Waals surface area contributed by atoms with Gasteiger partial charge in [-0.25, -0.2) is 0 Å². The lowest BCUT2D eigenvalue weighted by atomic mass is 9.89. The van der Waals surface area contributed by atoms with Crippen molar-refractivity contribution in [3.8, 4) is 0 Å². The molecule has 1 aliphatic rings. The Morgan fingerprint density at radius 2 is 1.68 bits per heavy atom. The Hall–Kier alpha value is -1.68. The lowest BCUT2D eigenvalue weighted by Gasteiger charge is -2.21. The van der Waals surface area contributed by atoms with E-state index in [0.717, 1.165) is 24.9 Å². The number of rotatable bonds is 8. The minimum Gasteiger partial charge on any atom is -0.330 e. The van der Waals surface area contributed by atoms with Crippen molar-refractivity contribution in [3.05, 3.63) is 35.4 Å². The maximum Gasteiger partial charge on any atom is 0.234 e. The first kappa shape index (κ1) is 16.7. The molecule has 2 amide bonds. The van der Waals surface area contributed by atoms with Crippen molar-refractivity contribution in [2.75, 3.05) is 6.54 Å². The predicted octanol–water partition coefficient (Wildman–Crippen LogP) is 2.66. The molecule has 4 nitrogen and oxygen atoms in total. The summed E-state index contributed by atoms with van der Waals surface area (Å²) in [5.74, 6) is -0.501. The van der Waals surface area contributed by atoms with Gasteiger partial charge in [0.25, 0.3) is 0 Å². The van der Waals surface area contributed by atoms with Gasteiger partial charge in [-0.2, -0.15) is 0 Å². The highest BCUT2D eigenvalue weighted by Crippen LogP contribution is 2.25. The standard InChI is InChI=1S/C18H26N2O2/c19-13-5-3-1-2-4-6-14-7-9-15(10-8-14)16-11-12-17(21)20-18(16)22/h7-10,16H,1-6,11-13,19H2,(H,20,21,22). The normalized spacial score (nSPS) is 18.3. The number of benzene rings is 1. The first-order valence-corrected chi connectivity index (χ1v) is 8.33.